The maximum atomic E-state index is 14.3. The van der Waals surface area contributed by atoms with E-state index >= 15 is 0 Å². The summed E-state index contributed by atoms with van der Waals surface area (Å²) in [7, 11) is 0. The number of rotatable bonds is 8. The molecule has 3 N–H and O–H groups in total. The molecule has 10 rings (SSSR count). The fourth-order valence-corrected chi connectivity index (χ4v) is 8.55. The number of nitrogen functional groups attached to an aromatic ring is 1. The van der Waals surface area contributed by atoms with E-state index in [1.807, 2.05) is 123 Å². The Hall–Kier alpha value is -6.19. The van der Waals surface area contributed by atoms with Crippen LogP contribution < -0.4 is 20.5 Å². The molecule has 0 bridgehead atoms. The summed E-state index contributed by atoms with van der Waals surface area (Å²) in [6.07, 6.45) is 4.76. The first kappa shape index (κ1) is 34.3. The first-order valence-electron chi connectivity index (χ1n) is 18.2. The van der Waals surface area contributed by atoms with E-state index in [2.05, 4.69) is 20.3 Å². The Morgan fingerprint density at radius 2 is 1.64 bits per heavy atom. The minimum absolute atomic E-state index is 0.187. The van der Waals surface area contributed by atoms with E-state index in [0.717, 1.165) is 31.9 Å². The second-order valence-electron chi connectivity index (χ2n) is 14.2. The molecule has 1 unspecified atom stereocenters. The third-order valence-electron chi connectivity index (χ3n) is 10.1. The second-order valence-corrected chi connectivity index (χ2v) is 15.2. The van der Waals surface area contributed by atoms with Crippen LogP contribution in [-0.2, 0) is 20.0 Å². The van der Waals surface area contributed by atoms with Crippen LogP contribution in [0, 0.1) is 0 Å². The van der Waals surface area contributed by atoms with E-state index in [1.54, 1.807) is 22.2 Å². The van der Waals surface area contributed by atoms with Gasteiger partial charge in [-0.15, -0.1) is 11.3 Å². The predicted molar refractivity (Wildman–Crippen MR) is 209 cm³/mol. The lowest BCUT2D eigenvalue weighted by Gasteiger charge is -2.28. The normalized spacial score (nSPS) is 21.9. The molecule has 2 saturated heterocycles. The average molecular weight is 766 g/mol. The molecule has 3 aliphatic rings. The van der Waals surface area contributed by atoms with Gasteiger partial charge in [0.05, 0.1) is 22.1 Å². The quantitative estimate of drug-likeness (QED) is 0.158. The molecular formula is C42H35N7O6S. The number of hydrogen-bond donors (Lipinski definition) is 2. The molecule has 280 valence electrons. The van der Waals surface area contributed by atoms with Crippen LogP contribution in [0.5, 0.6) is 11.5 Å². The Balaban J connectivity index is 0.953. The molecule has 6 heterocycles. The van der Waals surface area contributed by atoms with Crippen LogP contribution in [0.4, 0.5) is 5.82 Å². The van der Waals surface area contributed by atoms with Gasteiger partial charge in [0.2, 0.25) is 0 Å². The highest BCUT2D eigenvalue weighted by Crippen LogP contribution is 2.51. The van der Waals surface area contributed by atoms with Crippen molar-refractivity contribution < 1.29 is 28.5 Å². The highest BCUT2D eigenvalue weighted by atomic mass is 32.1. The molecule has 3 aromatic heterocycles. The Labute approximate surface area is 324 Å². The number of amides is 1. The number of benzene rings is 4. The van der Waals surface area contributed by atoms with Crippen LogP contribution in [-0.4, -0.2) is 61.1 Å². The Morgan fingerprint density at radius 3 is 2.41 bits per heavy atom. The number of carbonyl (C=O) groups excluding carboxylic acids is 1. The summed E-state index contributed by atoms with van der Waals surface area (Å²) in [6, 6.07) is 31.1. The molecule has 4 aromatic carbocycles. The number of carbonyl (C=O) groups is 1. The van der Waals surface area contributed by atoms with Gasteiger partial charge >= 0.3 is 5.79 Å². The summed E-state index contributed by atoms with van der Waals surface area (Å²) < 4.78 is 35.6. The van der Waals surface area contributed by atoms with E-state index in [4.69, 9.17) is 34.4 Å². The molecule has 14 heteroatoms. The number of aromatic nitrogens is 5. The lowest BCUT2D eigenvalue weighted by molar-refractivity contribution is -0.191. The Kier molecular flexibility index (Phi) is 8.11. The molecule has 0 radical (unpaired) electrons. The monoisotopic (exact) mass is 765 g/mol. The summed E-state index contributed by atoms with van der Waals surface area (Å²) in [4.78, 5) is 32.0. The molecule has 2 fully saturated rings. The van der Waals surface area contributed by atoms with Gasteiger partial charge in [0.25, 0.3) is 5.91 Å². The second kappa shape index (κ2) is 13.2. The number of nitrogens with two attached hydrogens (primary N) is 1. The summed E-state index contributed by atoms with van der Waals surface area (Å²) in [5.41, 5.74) is 10.6. The van der Waals surface area contributed by atoms with Crippen molar-refractivity contribution in [1.82, 2.24) is 29.8 Å². The number of para-hydroxylation sites is 1. The Bertz CT molecular complexity index is 2570. The van der Waals surface area contributed by atoms with Gasteiger partial charge < -0.3 is 34.7 Å². The first-order chi connectivity index (χ1) is 27.3. The molecule has 0 spiro atoms. The molecule has 4 atom stereocenters. The number of thiazole rings is 1. The number of fused-ring (bicyclic) bond motifs is 4. The lowest BCUT2D eigenvalue weighted by atomic mass is 9.97. The number of imidazole rings is 1. The number of anilines is 1. The molecule has 13 nitrogen and oxygen atoms in total. The van der Waals surface area contributed by atoms with E-state index in [0.29, 0.717) is 28.2 Å². The van der Waals surface area contributed by atoms with Gasteiger partial charge in [-0.1, -0.05) is 84.9 Å². The van der Waals surface area contributed by atoms with Crippen molar-refractivity contribution >= 4 is 44.4 Å². The van der Waals surface area contributed by atoms with Gasteiger partial charge in [0.1, 0.15) is 35.2 Å². The van der Waals surface area contributed by atoms with E-state index in [-0.39, 0.29) is 18.3 Å². The maximum Gasteiger partial charge on any atom is 0.305 e. The molecule has 0 saturated carbocycles. The van der Waals surface area contributed by atoms with Gasteiger partial charge in [-0.2, -0.15) is 0 Å². The third kappa shape index (κ3) is 5.76. The van der Waals surface area contributed by atoms with Crippen molar-refractivity contribution in [3.8, 4) is 22.1 Å². The first-order valence-corrected chi connectivity index (χ1v) is 19.0. The SMILES string of the molecule is CC1(C)OC2[C@@H](C=CCNC(=O)c3cc(-c4nc5ccccc5s4)cc4c3OC(c3ccccc3)(c3ccccc3)O4)O[C@@H](n3cnc4c(N)ncnc43)[C@H]2O1. The minimum Gasteiger partial charge on any atom is -0.440 e. The predicted octanol–water partition coefficient (Wildman–Crippen LogP) is 6.76. The molecule has 0 aliphatic carbocycles. The topological polar surface area (TPSA) is 158 Å². The Morgan fingerprint density at radius 1 is 0.911 bits per heavy atom. The standard InChI is InChI=1S/C42H35N7O6S/c1-41(2)53-34-29(51-40(35(34)54-41)49-23-47-32-36(43)45-22-46-37(32)49)17-11-19-44-38(50)27-20-24(39-48-28-16-9-10-18-31(28)56-39)21-30-33(27)55-42(52-30,25-12-5-3-6-13-25)26-14-7-4-8-15-26/h3-18,20-23,29,34-35,40H,19H2,1-2H3,(H,44,50)(H2,43,45,46)/t29-,34?,35+,40-/m1/s1. The van der Waals surface area contributed by atoms with Crippen LogP contribution in [0.2, 0.25) is 0 Å². The van der Waals surface area contributed by atoms with Gasteiger partial charge in [0.15, 0.2) is 35.0 Å². The number of nitrogens with one attached hydrogen (secondary N) is 1. The molecular weight excluding hydrogens is 731 g/mol. The maximum absolute atomic E-state index is 14.3. The number of hydrogen-bond acceptors (Lipinski definition) is 12. The zero-order chi connectivity index (χ0) is 38.0. The fraction of sp³-hybridized carbons (Fsp3) is 0.214. The van der Waals surface area contributed by atoms with Crippen LogP contribution >= 0.6 is 11.3 Å². The van der Waals surface area contributed by atoms with Crippen LogP contribution in [0.1, 0.15) is 41.6 Å². The summed E-state index contributed by atoms with van der Waals surface area (Å²) in [5, 5.41) is 3.81. The van der Waals surface area contributed by atoms with Crippen molar-refractivity contribution in [2.24, 2.45) is 0 Å². The highest BCUT2D eigenvalue weighted by molar-refractivity contribution is 7.21. The molecule has 56 heavy (non-hydrogen) atoms. The lowest BCUT2D eigenvalue weighted by Crippen LogP contribution is -2.37. The number of ether oxygens (including phenoxy) is 5. The van der Waals surface area contributed by atoms with Gasteiger partial charge in [-0.05, 0) is 38.1 Å². The fourth-order valence-electron chi connectivity index (χ4n) is 7.60. The van der Waals surface area contributed by atoms with Crippen molar-refractivity contribution in [2.75, 3.05) is 12.3 Å². The minimum atomic E-state index is -1.33. The number of nitrogens with zero attached hydrogens (tertiary/aromatic N) is 5. The van der Waals surface area contributed by atoms with Crippen LogP contribution in [0.25, 0.3) is 32.0 Å². The zero-order valence-electron chi connectivity index (χ0n) is 30.2. The van der Waals surface area contributed by atoms with Crippen LogP contribution in [0.3, 0.4) is 0 Å². The van der Waals surface area contributed by atoms with E-state index in [9.17, 15) is 4.79 Å². The van der Waals surface area contributed by atoms with E-state index < -0.39 is 36.1 Å². The average Bonchev–Trinajstić information content (AvgIpc) is 4.04. The van der Waals surface area contributed by atoms with Gasteiger partial charge in [0, 0.05) is 23.2 Å². The largest absolute Gasteiger partial charge is 0.440 e. The van der Waals surface area contributed by atoms with Gasteiger partial charge in [-0.3, -0.25) is 9.36 Å². The summed E-state index contributed by atoms with van der Waals surface area (Å²) >= 11 is 1.55. The van der Waals surface area contributed by atoms with Gasteiger partial charge in [-0.25, -0.2) is 19.9 Å². The molecule has 3 aliphatic heterocycles. The van der Waals surface area contributed by atoms with Crippen molar-refractivity contribution in [3.63, 3.8) is 0 Å². The third-order valence-corrected chi connectivity index (χ3v) is 11.2. The van der Waals surface area contributed by atoms with Crippen molar-refractivity contribution in [1.29, 1.82) is 0 Å². The zero-order valence-corrected chi connectivity index (χ0v) is 31.1. The van der Waals surface area contributed by atoms with Crippen LogP contribution in [0.15, 0.2) is 122 Å². The smallest absolute Gasteiger partial charge is 0.305 e. The van der Waals surface area contributed by atoms with Crippen molar-refractivity contribution in [3.05, 3.63) is 139 Å². The molecule has 1 amide bonds. The van der Waals surface area contributed by atoms with Crippen molar-refractivity contribution in [2.45, 2.75) is 50.0 Å². The summed E-state index contributed by atoms with van der Waals surface area (Å²) in [5.74, 6) is -1.46. The van der Waals surface area contributed by atoms with E-state index in [1.165, 1.54) is 6.33 Å². The molecule has 7 aromatic rings. The highest BCUT2D eigenvalue weighted by Gasteiger charge is 2.55. The summed E-state index contributed by atoms with van der Waals surface area (Å²) in [6.45, 7) is 3.92.